The molecule has 4 aromatic heterocycles. The fourth-order valence-corrected chi connectivity index (χ4v) is 15.8. The van der Waals surface area contributed by atoms with E-state index in [9.17, 15) is 0 Å². The van der Waals surface area contributed by atoms with Gasteiger partial charge >= 0.3 is 0 Å². The van der Waals surface area contributed by atoms with E-state index in [2.05, 4.69) is 370 Å². The van der Waals surface area contributed by atoms with Gasteiger partial charge in [0.05, 0.1) is 56.4 Å². The standard InChI is InChI=1S/C90H58N4/c1-9-29-59(30-10-1)65-53-55-69(61-33-13-3-14-34-61)79(57-65)91(67-41-21-7-22-42-67)75-49-27-51-77-83(75)71-45-25-47-73-85-82(64-39-19-6-20-40-64)90-86(81(63-37-17-5-18-38-63)89(85)93(77)87(71)73)74-48-26-46-72-84-76(50-28-52-78(84)94(90)88(72)74)92(68-43-23-8-24-44-68)80-58-66(60-31-11-2-12-32-60)54-56-70(80)62-35-15-4-16-36-62/h1-27,29-58,76H. The van der Waals surface area contributed by atoms with E-state index in [0.29, 0.717) is 0 Å². The second kappa shape index (κ2) is 21.6. The Balaban J connectivity index is 0.927. The van der Waals surface area contributed by atoms with Crippen molar-refractivity contribution in [3.8, 4) is 66.8 Å². The highest BCUT2D eigenvalue weighted by molar-refractivity contribution is 6.37. The van der Waals surface area contributed by atoms with Gasteiger partial charge in [0.1, 0.15) is 0 Å². The van der Waals surface area contributed by atoms with Crippen LogP contribution in [0.25, 0.3) is 138 Å². The van der Waals surface area contributed by atoms with E-state index < -0.39 is 0 Å². The summed E-state index contributed by atoms with van der Waals surface area (Å²) < 4.78 is 5.28. The molecule has 0 amide bonds. The lowest BCUT2D eigenvalue weighted by atomic mass is 9.88. The van der Waals surface area contributed by atoms with Crippen molar-refractivity contribution < 1.29 is 0 Å². The van der Waals surface area contributed by atoms with Gasteiger partial charge in [0, 0.05) is 83.0 Å². The molecule has 4 heterocycles. The highest BCUT2D eigenvalue weighted by Gasteiger charge is 2.36. The molecule has 0 N–H and O–H groups in total. The maximum Gasteiger partial charge on any atom is 0.0876 e. The fourth-order valence-electron chi connectivity index (χ4n) is 15.8. The molecule has 4 nitrogen and oxygen atoms in total. The largest absolute Gasteiger partial charge is 0.329 e. The van der Waals surface area contributed by atoms with E-state index in [1.165, 1.54) is 87.6 Å². The fraction of sp³-hybridized carbons (Fsp3) is 0.0111. The van der Waals surface area contributed by atoms with Crippen molar-refractivity contribution >= 4 is 99.8 Å². The van der Waals surface area contributed by atoms with Gasteiger partial charge in [0.15, 0.2) is 0 Å². The maximum absolute atomic E-state index is 3.85. The third-order valence-electron chi connectivity index (χ3n) is 19.6. The number of fused-ring (bicyclic) bond motifs is 12. The summed E-state index contributed by atoms with van der Waals surface area (Å²) in [7, 11) is 0. The number of aromatic nitrogens is 2. The lowest BCUT2D eigenvalue weighted by Gasteiger charge is -2.35. The van der Waals surface area contributed by atoms with Crippen molar-refractivity contribution in [1.29, 1.82) is 0 Å². The van der Waals surface area contributed by atoms with Crippen LogP contribution < -0.4 is 9.80 Å². The molecule has 438 valence electrons. The Kier molecular flexibility index (Phi) is 12.3. The Bertz CT molecular complexity index is 5980. The smallest absolute Gasteiger partial charge is 0.0876 e. The Hall–Kier alpha value is -12.5. The van der Waals surface area contributed by atoms with Gasteiger partial charge < -0.3 is 18.6 Å². The van der Waals surface area contributed by atoms with Crippen molar-refractivity contribution in [2.45, 2.75) is 6.04 Å². The van der Waals surface area contributed by atoms with Crippen LogP contribution in [0.15, 0.2) is 345 Å². The lowest BCUT2D eigenvalue weighted by molar-refractivity contribution is 0.852. The van der Waals surface area contributed by atoms with E-state index in [1.54, 1.807) is 0 Å². The Labute approximate surface area is 544 Å². The summed E-state index contributed by atoms with van der Waals surface area (Å²) in [5.41, 5.74) is 31.7. The van der Waals surface area contributed by atoms with Crippen LogP contribution in [-0.2, 0) is 0 Å². The van der Waals surface area contributed by atoms with E-state index in [4.69, 9.17) is 0 Å². The first kappa shape index (κ1) is 53.4. The molecule has 1 aliphatic carbocycles. The predicted octanol–water partition coefficient (Wildman–Crippen LogP) is 24.4. The molecule has 0 aliphatic heterocycles. The third kappa shape index (κ3) is 8.14. The van der Waals surface area contributed by atoms with Gasteiger partial charge in [-0.05, 0) is 99.1 Å². The SMILES string of the molecule is C1=Cc2c(c3cccc4c5c(-c6ccccc6)c6c(c(-c7ccccc7)c5n2c34)c2cccc3c4c(N(c5ccccc5)c5cc(-c7ccccc7)ccc5-c5ccccc5)cccc4n6c32)C(N(c2ccccc2)c2cc(-c3ccccc3)ccc2-c2ccccc2)C=1. The molecule has 94 heavy (non-hydrogen) atoms. The molecule has 18 aromatic rings. The first-order chi connectivity index (χ1) is 46.7. The first-order valence-electron chi connectivity index (χ1n) is 32.4. The Morgan fingerprint density at radius 2 is 0.702 bits per heavy atom. The molecule has 1 atom stereocenters. The third-order valence-corrected chi connectivity index (χ3v) is 19.6. The summed E-state index contributed by atoms with van der Waals surface area (Å²) in [5.74, 6) is 0. The van der Waals surface area contributed by atoms with Crippen LogP contribution in [0.1, 0.15) is 17.3 Å². The average molecular weight is 1200 g/mol. The van der Waals surface area contributed by atoms with Crippen LogP contribution in [0.2, 0.25) is 0 Å². The molecular weight excluding hydrogens is 1140 g/mol. The minimum Gasteiger partial charge on any atom is -0.329 e. The summed E-state index contributed by atoms with van der Waals surface area (Å²) in [4.78, 5) is 5.08. The minimum absolute atomic E-state index is 0.255. The number of rotatable bonds is 12. The van der Waals surface area contributed by atoms with E-state index >= 15 is 0 Å². The van der Waals surface area contributed by atoms with Gasteiger partial charge in [-0.15, -0.1) is 5.73 Å². The second-order valence-electron chi connectivity index (χ2n) is 24.7. The number of benzene rings is 14. The van der Waals surface area contributed by atoms with Gasteiger partial charge in [0.25, 0.3) is 0 Å². The van der Waals surface area contributed by atoms with Crippen molar-refractivity contribution in [3.05, 3.63) is 357 Å². The normalized spacial score (nSPS) is 13.0. The van der Waals surface area contributed by atoms with Crippen LogP contribution in [-0.4, -0.2) is 8.80 Å². The number of nitrogens with zero attached hydrogens (tertiary/aromatic N) is 4. The molecule has 0 fully saturated rings. The van der Waals surface area contributed by atoms with E-state index in [1.807, 2.05) is 0 Å². The summed E-state index contributed by atoms with van der Waals surface area (Å²) >= 11 is 0. The van der Waals surface area contributed by atoms with Crippen molar-refractivity contribution in [1.82, 2.24) is 8.80 Å². The summed E-state index contributed by atoms with van der Waals surface area (Å²) in [6.07, 6.45) is 4.55. The monoisotopic (exact) mass is 1190 g/mol. The van der Waals surface area contributed by atoms with E-state index in [0.717, 1.165) is 84.2 Å². The summed E-state index contributed by atoms with van der Waals surface area (Å²) in [6, 6.07) is 122. The van der Waals surface area contributed by atoms with Crippen molar-refractivity contribution in [2.75, 3.05) is 9.80 Å². The molecule has 0 bridgehead atoms. The Morgan fingerprint density at radius 1 is 0.287 bits per heavy atom. The highest BCUT2D eigenvalue weighted by atomic mass is 15.2. The number of hydrogen-bond acceptors (Lipinski definition) is 2. The number of para-hydroxylation sites is 4. The molecule has 1 unspecified atom stereocenters. The number of hydrogen-bond donors (Lipinski definition) is 0. The van der Waals surface area contributed by atoms with Crippen molar-refractivity contribution in [2.24, 2.45) is 0 Å². The van der Waals surface area contributed by atoms with Crippen LogP contribution in [0.3, 0.4) is 0 Å². The van der Waals surface area contributed by atoms with Gasteiger partial charge in [-0.25, -0.2) is 0 Å². The van der Waals surface area contributed by atoms with Crippen LogP contribution >= 0.6 is 0 Å². The summed E-state index contributed by atoms with van der Waals surface area (Å²) in [6.45, 7) is 0. The lowest BCUT2D eigenvalue weighted by Crippen LogP contribution is -2.24. The number of anilines is 5. The molecule has 0 saturated heterocycles. The second-order valence-corrected chi connectivity index (χ2v) is 24.7. The zero-order chi connectivity index (χ0) is 61.8. The first-order valence-corrected chi connectivity index (χ1v) is 32.4. The molecule has 4 heteroatoms. The molecule has 14 aromatic carbocycles. The highest BCUT2D eigenvalue weighted by Crippen LogP contribution is 2.57. The van der Waals surface area contributed by atoms with Crippen LogP contribution in [0, 0.1) is 0 Å². The van der Waals surface area contributed by atoms with Crippen LogP contribution in [0.5, 0.6) is 0 Å². The van der Waals surface area contributed by atoms with Gasteiger partial charge in [0.2, 0.25) is 0 Å². The Morgan fingerprint density at radius 3 is 1.23 bits per heavy atom. The van der Waals surface area contributed by atoms with Crippen LogP contribution in [0.4, 0.5) is 28.4 Å². The molecule has 19 rings (SSSR count). The molecule has 0 radical (unpaired) electrons. The molecule has 0 spiro atoms. The van der Waals surface area contributed by atoms with Crippen molar-refractivity contribution in [3.63, 3.8) is 0 Å². The van der Waals surface area contributed by atoms with Gasteiger partial charge in [-0.3, -0.25) is 0 Å². The zero-order valence-corrected chi connectivity index (χ0v) is 51.3. The molecule has 1 aliphatic rings. The zero-order valence-electron chi connectivity index (χ0n) is 51.3. The van der Waals surface area contributed by atoms with Gasteiger partial charge in [-0.2, -0.15) is 0 Å². The topological polar surface area (TPSA) is 15.3 Å². The van der Waals surface area contributed by atoms with Gasteiger partial charge in [-0.1, -0.05) is 285 Å². The average Bonchev–Trinajstić information content (AvgIpc) is 1.49. The minimum atomic E-state index is -0.255. The summed E-state index contributed by atoms with van der Waals surface area (Å²) in [5, 5.41) is 8.47. The predicted molar refractivity (Wildman–Crippen MR) is 396 cm³/mol. The molecule has 0 saturated carbocycles. The molecular formula is C90H58N4. The quantitative estimate of drug-likeness (QED) is 0.113. The maximum atomic E-state index is 3.85. The van der Waals surface area contributed by atoms with E-state index in [-0.39, 0.29) is 6.04 Å².